The predicted molar refractivity (Wildman–Crippen MR) is 75.7 cm³/mol. The summed E-state index contributed by atoms with van der Waals surface area (Å²) < 4.78 is 6.80. The molecule has 0 unspecified atom stereocenters. The normalized spacial score (nSPS) is 10.4. The van der Waals surface area contributed by atoms with E-state index in [-0.39, 0.29) is 0 Å². The third-order valence-electron chi connectivity index (χ3n) is 2.36. The highest BCUT2D eigenvalue weighted by Crippen LogP contribution is 2.27. The Morgan fingerprint density at radius 3 is 2.56 bits per heavy atom. The molecule has 0 atom stereocenters. The number of nitrogen functional groups attached to an aromatic ring is 1. The van der Waals surface area contributed by atoms with Gasteiger partial charge in [0.25, 0.3) is 0 Å². The second kappa shape index (κ2) is 5.64. The Hall–Kier alpha value is -1.18. The highest BCUT2D eigenvalue weighted by Gasteiger charge is 2.06. The Morgan fingerprint density at radius 2 is 2.00 bits per heavy atom. The van der Waals surface area contributed by atoms with Gasteiger partial charge in [-0.25, -0.2) is 5.84 Å². The van der Waals surface area contributed by atoms with Crippen molar-refractivity contribution >= 4 is 32.4 Å². The van der Waals surface area contributed by atoms with Gasteiger partial charge in [-0.1, -0.05) is 27.3 Å². The molecule has 0 aliphatic carbocycles. The number of hydrogen-bond donors (Lipinski definition) is 2. The molecule has 0 amide bonds. The summed E-state index contributed by atoms with van der Waals surface area (Å²) in [5.74, 6) is 6.06. The Kier molecular flexibility index (Phi) is 4.15. The lowest BCUT2D eigenvalue weighted by molar-refractivity contribution is 0.304. The number of nitrogens with one attached hydrogen (secondary N) is 1. The van der Waals surface area contributed by atoms with E-state index in [9.17, 15) is 0 Å². The van der Waals surface area contributed by atoms with Gasteiger partial charge in [0.1, 0.15) is 12.4 Å². The van der Waals surface area contributed by atoms with Crippen LogP contribution in [-0.4, -0.2) is 10.2 Å². The topological polar surface area (TPSA) is 73.1 Å². The van der Waals surface area contributed by atoms with Crippen LogP contribution in [0.5, 0.6) is 5.75 Å². The number of aromatic nitrogens is 2. The maximum absolute atomic E-state index is 5.69. The molecule has 2 rings (SSSR count). The second-order valence-corrected chi connectivity index (χ2v) is 5.66. The number of benzene rings is 1. The third kappa shape index (κ3) is 2.98. The van der Waals surface area contributed by atoms with E-state index in [1.54, 1.807) is 0 Å². The molecule has 0 fully saturated rings. The predicted octanol–water partition coefficient (Wildman–Crippen LogP) is 2.78. The van der Waals surface area contributed by atoms with E-state index in [0.29, 0.717) is 11.7 Å². The van der Waals surface area contributed by atoms with Gasteiger partial charge in [-0.2, -0.15) is 0 Å². The van der Waals surface area contributed by atoms with Gasteiger partial charge in [0.2, 0.25) is 5.13 Å². The summed E-state index contributed by atoms with van der Waals surface area (Å²) in [7, 11) is 0. The monoisotopic (exact) mass is 328 g/mol. The zero-order chi connectivity index (χ0) is 13.1. The van der Waals surface area contributed by atoms with Crippen LogP contribution in [0.4, 0.5) is 5.13 Å². The second-order valence-electron chi connectivity index (χ2n) is 3.81. The average Bonchev–Trinajstić information content (AvgIpc) is 2.81. The summed E-state index contributed by atoms with van der Waals surface area (Å²) >= 11 is 4.90. The molecule has 7 heteroatoms. The van der Waals surface area contributed by atoms with E-state index in [4.69, 9.17) is 10.6 Å². The SMILES string of the molecule is Cc1cc(OCc2nnc(NN)s2)cc(C)c1Br. The average molecular weight is 329 g/mol. The van der Waals surface area contributed by atoms with Crippen molar-refractivity contribution in [3.8, 4) is 5.75 Å². The summed E-state index contributed by atoms with van der Waals surface area (Å²) in [5, 5.41) is 9.16. The van der Waals surface area contributed by atoms with Crippen molar-refractivity contribution in [2.75, 3.05) is 5.43 Å². The molecule has 0 radical (unpaired) electrons. The molecule has 0 saturated carbocycles. The molecule has 0 spiro atoms. The molecule has 18 heavy (non-hydrogen) atoms. The van der Waals surface area contributed by atoms with Crippen molar-refractivity contribution < 1.29 is 4.74 Å². The first-order valence-electron chi connectivity index (χ1n) is 5.28. The summed E-state index contributed by atoms with van der Waals surface area (Å²) in [5.41, 5.74) is 4.74. The number of hydrazine groups is 1. The zero-order valence-electron chi connectivity index (χ0n) is 10.0. The molecule has 5 nitrogen and oxygen atoms in total. The Labute approximate surface area is 117 Å². The molecule has 1 heterocycles. The van der Waals surface area contributed by atoms with Crippen molar-refractivity contribution in [1.29, 1.82) is 0 Å². The number of aryl methyl sites for hydroxylation is 2. The van der Waals surface area contributed by atoms with Gasteiger partial charge in [-0.15, -0.1) is 10.2 Å². The van der Waals surface area contributed by atoms with E-state index < -0.39 is 0 Å². The maximum atomic E-state index is 5.69. The first-order valence-corrected chi connectivity index (χ1v) is 6.89. The van der Waals surface area contributed by atoms with Crippen LogP contribution in [0, 0.1) is 13.8 Å². The molecule has 3 N–H and O–H groups in total. The molecule has 1 aromatic carbocycles. The van der Waals surface area contributed by atoms with Crippen LogP contribution in [-0.2, 0) is 6.61 Å². The third-order valence-corrected chi connectivity index (χ3v) is 4.44. The smallest absolute Gasteiger partial charge is 0.219 e. The Balaban J connectivity index is 2.06. The number of nitrogens with zero attached hydrogens (tertiary/aromatic N) is 2. The van der Waals surface area contributed by atoms with E-state index in [1.165, 1.54) is 11.3 Å². The highest BCUT2D eigenvalue weighted by molar-refractivity contribution is 9.10. The fourth-order valence-electron chi connectivity index (χ4n) is 1.50. The number of anilines is 1. The van der Waals surface area contributed by atoms with Gasteiger partial charge in [-0.3, -0.25) is 5.43 Å². The fourth-order valence-corrected chi connectivity index (χ4v) is 2.30. The minimum atomic E-state index is 0.389. The lowest BCUT2D eigenvalue weighted by Gasteiger charge is -2.08. The summed E-state index contributed by atoms with van der Waals surface area (Å²) in [6.45, 7) is 4.45. The van der Waals surface area contributed by atoms with Gasteiger partial charge in [0, 0.05) is 4.47 Å². The summed E-state index contributed by atoms with van der Waals surface area (Å²) in [6.07, 6.45) is 0. The molecule has 2 aromatic rings. The van der Waals surface area contributed by atoms with Crippen molar-refractivity contribution in [1.82, 2.24) is 10.2 Å². The number of ether oxygens (including phenoxy) is 1. The first-order chi connectivity index (χ1) is 8.60. The van der Waals surface area contributed by atoms with Crippen LogP contribution in [0.2, 0.25) is 0 Å². The Morgan fingerprint density at radius 1 is 1.33 bits per heavy atom. The molecule has 96 valence electrons. The standard InChI is InChI=1S/C11H13BrN4OS/c1-6-3-8(4-7(2)10(6)12)17-5-9-15-16-11(14-13)18-9/h3-4H,5,13H2,1-2H3,(H,14,16). The zero-order valence-corrected chi connectivity index (χ0v) is 12.4. The Bertz CT molecular complexity index is 535. The highest BCUT2D eigenvalue weighted by atomic mass is 79.9. The maximum Gasteiger partial charge on any atom is 0.219 e. The largest absolute Gasteiger partial charge is 0.486 e. The summed E-state index contributed by atoms with van der Waals surface area (Å²) in [6, 6.07) is 3.97. The number of rotatable bonds is 4. The van der Waals surface area contributed by atoms with Crippen LogP contribution < -0.4 is 16.0 Å². The van der Waals surface area contributed by atoms with E-state index >= 15 is 0 Å². The number of hydrogen-bond acceptors (Lipinski definition) is 6. The van der Waals surface area contributed by atoms with Crippen LogP contribution in [0.3, 0.4) is 0 Å². The molecular formula is C11H13BrN4OS. The minimum absolute atomic E-state index is 0.389. The molecule has 0 saturated heterocycles. The quantitative estimate of drug-likeness (QED) is 0.666. The van der Waals surface area contributed by atoms with E-state index in [1.807, 2.05) is 26.0 Å². The summed E-state index contributed by atoms with van der Waals surface area (Å²) in [4.78, 5) is 0. The molecule has 0 aliphatic rings. The molecule has 0 bridgehead atoms. The van der Waals surface area contributed by atoms with Crippen molar-refractivity contribution in [3.05, 3.63) is 32.7 Å². The first kappa shape index (κ1) is 13.3. The molecule has 1 aromatic heterocycles. The van der Waals surface area contributed by atoms with Crippen molar-refractivity contribution in [2.24, 2.45) is 5.84 Å². The minimum Gasteiger partial charge on any atom is -0.486 e. The van der Waals surface area contributed by atoms with Gasteiger partial charge in [-0.05, 0) is 37.1 Å². The van der Waals surface area contributed by atoms with Crippen molar-refractivity contribution in [2.45, 2.75) is 20.5 Å². The van der Waals surface area contributed by atoms with Crippen LogP contribution in [0.1, 0.15) is 16.1 Å². The number of nitrogens with two attached hydrogens (primary N) is 1. The van der Waals surface area contributed by atoms with Gasteiger partial charge in [0.15, 0.2) is 5.01 Å². The van der Waals surface area contributed by atoms with E-state index in [2.05, 4.69) is 31.6 Å². The van der Waals surface area contributed by atoms with Gasteiger partial charge in [0.05, 0.1) is 0 Å². The lowest BCUT2D eigenvalue weighted by atomic mass is 10.1. The van der Waals surface area contributed by atoms with E-state index in [0.717, 1.165) is 26.4 Å². The van der Waals surface area contributed by atoms with Crippen LogP contribution in [0.15, 0.2) is 16.6 Å². The van der Waals surface area contributed by atoms with Crippen LogP contribution in [0.25, 0.3) is 0 Å². The van der Waals surface area contributed by atoms with Crippen molar-refractivity contribution in [3.63, 3.8) is 0 Å². The fraction of sp³-hybridized carbons (Fsp3) is 0.273. The molecule has 0 aliphatic heterocycles. The molecular weight excluding hydrogens is 316 g/mol. The lowest BCUT2D eigenvalue weighted by Crippen LogP contribution is -2.05. The van der Waals surface area contributed by atoms with Gasteiger partial charge < -0.3 is 4.74 Å². The van der Waals surface area contributed by atoms with Crippen LogP contribution >= 0.6 is 27.3 Å². The number of halogens is 1. The van der Waals surface area contributed by atoms with Gasteiger partial charge >= 0.3 is 0 Å².